The van der Waals surface area contributed by atoms with Crippen molar-refractivity contribution in [2.75, 3.05) is 0 Å². The van der Waals surface area contributed by atoms with Gasteiger partial charge in [0.25, 0.3) is 0 Å². The summed E-state index contributed by atoms with van der Waals surface area (Å²) in [5.41, 5.74) is 0.471. The zero-order valence-corrected chi connectivity index (χ0v) is 11.0. The minimum atomic E-state index is -2.62. The summed E-state index contributed by atoms with van der Waals surface area (Å²) in [4.78, 5) is 19.7. The summed E-state index contributed by atoms with van der Waals surface area (Å²) >= 11 is 5.81. The highest BCUT2D eigenvalue weighted by atomic mass is 35.5. The smallest absolute Gasteiger partial charge is 0.248 e. The molecule has 1 heterocycles. The molecule has 0 aliphatic heterocycles. The van der Waals surface area contributed by atoms with Crippen LogP contribution in [0.25, 0.3) is 0 Å². The van der Waals surface area contributed by atoms with Gasteiger partial charge in [0.2, 0.25) is 11.8 Å². The van der Waals surface area contributed by atoms with Crippen molar-refractivity contribution in [1.82, 2.24) is 15.3 Å². The van der Waals surface area contributed by atoms with Crippen LogP contribution in [0.4, 0.5) is 8.78 Å². The molecule has 1 aromatic heterocycles. The fourth-order valence-corrected chi connectivity index (χ4v) is 2.26. The highest BCUT2D eigenvalue weighted by Crippen LogP contribution is 2.36. The van der Waals surface area contributed by atoms with Crippen LogP contribution in [0.5, 0.6) is 0 Å². The number of carbonyl (C=O) groups is 1. The van der Waals surface area contributed by atoms with E-state index in [-0.39, 0.29) is 49.2 Å². The van der Waals surface area contributed by atoms with Crippen LogP contribution in [0.1, 0.15) is 31.4 Å². The Morgan fingerprint density at radius 1 is 1.37 bits per heavy atom. The maximum Gasteiger partial charge on any atom is 0.248 e. The summed E-state index contributed by atoms with van der Waals surface area (Å²) in [7, 11) is 0. The van der Waals surface area contributed by atoms with E-state index >= 15 is 0 Å². The Bertz CT molecular complexity index is 460. The fraction of sp³-hybridized carbons (Fsp3) is 0.583. The van der Waals surface area contributed by atoms with Crippen LogP contribution in [0.3, 0.4) is 0 Å². The number of carbonyl (C=O) groups excluding carboxylic acids is 1. The largest absolute Gasteiger partial charge is 0.350 e. The lowest BCUT2D eigenvalue weighted by molar-refractivity contribution is -0.129. The number of aromatic nitrogens is 2. The number of rotatable bonds is 3. The van der Waals surface area contributed by atoms with Gasteiger partial charge in [-0.25, -0.2) is 13.8 Å². The molecule has 19 heavy (non-hydrogen) atoms. The first kappa shape index (κ1) is 14.1. The standard InChI is InChI=1S/C12H14ClF2N3O/c13-10-9(16-5-6-17-10)7-18-11(19)8-1-3-12(14,15)4-2-8/h5-6,8H,1-4,7H2,(H,18,19). The van der Waals surface area contributed by atoms with Crippen LogP contribution in [0, 0.1) is 5.92 Å². The number of nitrogens with one attached hydrogen (secondary N) is 1. The maximum absolute atomic E-state index is 13.0. The van der Waals surface area contributed by atoms with Gasteiger partial charge in [0.15, 0.2) is 5.15 Å². The molecular weight excluding hydrogens is 276 g/mol. The van der Waals surface area contributed by atoms with E-state index < -0.39 is 5.92 Å². The number of nitrogens with zero attached hydrogens (tertiary/aromatic N) is 2. The van der Waals surface area contributed by atoms with Crippen LogP contribution < -0.4 is 5.32 Å². The van der Waals surface area contributed by atoms with Crippen molar-refractivity contribution in [1.29, 1.82) is 0 Å². The molecule has 1 fully saturated rings. The maximum atomic E-state index is 13.0. The van der Waals surface area contributed by atoms with Gasteiger partial charge in [0.05, 0.1) is 12.2 Å². The lowest BCUT2D eigenvalue weighted by Crippen LogP contribution is -2.35. The van der Waals surface area contributed by atoms with E-state index in [9.17, 15) is 13.6 Å². The Kier molecular flexibility index (Phi) is 4.29. The number of hydrogen-bond donors (Lipinski definition) is 1. The van der Waals surface area contributed by atoms with Crippen molar-refractivity contribution >= 4 is 17.5 Å². The molecule has 2 rings (SSSR count). The van der Waals surface area contributed by atoms with E-state index in [0.29, 0.717) is 5.69 Å². The Hall–Kier alpha value is -1.30. The van der Waals surface area contributed by atoms with Gasteiger partial charge < -0.3 is 5.32 Å². The van der Waals surface area contributed by atoms with Gasteiger partial charge in [-0.15, -0.1) is 0 Å². The second kappa shape index (κ2) is 5.77. The minimum absolute atomic E-state index is 0.165. The van der Waals surface area contributed by atoms with Crippen LogP contribution in [0.15, 0.2) is 12.4 Å². The first-order chi connectivity index (χ1) is 8.98. The first-order valence-corrected chi connectivity index (χ1v) is 6.47. The number of alkyl halides is 2. The Labute approximate surface area is 114 Å². The molecule has 1 aliphatic carbocycles. The second-order valence-corrected chi connectivity index (χ2v) is 5.00. The van der Waals surface area contributed by atoms with Crippen molar-refractivity contribution in [3.63, 3.8) is 0 Å². The van der Waals surface area contributed by atoms with Gasteiger partial charge in [-0.3, -0.25) is 9.78 Å². The van der Waals surface area contributed by atoms with Crippen LogP contribution >= 0.6 is 11.6 Å². The van der Waals surface area contributed by atoms with Crippen molar-refractivity contribution in [2.24, 2.45) is 5.92 Å². The molecule has 0 radical (unpaired) electrons. The molecule has 1 aromatic rings. The molecule has 0 unspecified atom stereocenters. The van der Waals surface area contributed by atoms with Crippen LogP contribution in [-0.4, -0.2) is 21.8 Å². The van der Waals surface area contributed by atoms with E-state index in [2.05, 4.69) is 15.3 Å². The van der Waals surface area contributed by atoms with Crippen molar-refractivity contribution in [3.8, 4) is 0 Å². The third kappa shape index (κ3) is 3.83. The molecular formula is C12H14ClF2N3O. The zero-order valence-electron chi connectivity index (χ0n) is 10.2. The molecule has 0 bridgehead atoms. The molecule has 1 N–H and O–H groups in total. The Balaban J connectivity index is 1.84. The summed E-state index contributed by atoms with van der Waals surface area (Å²) < 4.78 is 26.0. The summed E-state index contributed by atoms with van der Waals surface area (Å²) in [6.07, 6.45) is 2.92. The molecule has 1 amide bonds. The number of hydrogen-bond acceptors (Lipinski definition) is 3. The van der Waals surface area contributed by atoms with Crippen LogP contribution in [0.2, 0.25) is 5.15 Å². The molecule has 1 aliphatic rings. The fourth-order valence-electron chi connectivity index (χ4n) is 2.09. The van der Waals surface area contributed by atoms with Gasteiger partial charge >= 0.3 is 0 Å². The van der Waals surface area contributed by atoms with E-state index in [1.165, 1.54) is 12.4 Å². The normalized spacial score (nSPS) is 19.1. The number of halogens is 3. The van der Waals surface area contributed by atoms with E-state index in [0.717, 1.165) is 0 Å². The molecule has 0 saturated heterocycles. The molecule has 4 nitrogen and oxygen atoms in total. The minimum Gasteiger partial charge on any atom is -0.350 e. The predicted octanol–water partition coefficient (Wildman–Crippen LogP) is 2.57. The molecule has 104 valence electrons. The van der Waals surface area contributed by atoms with Crippen molar-refractivity contribution in [3.05, 3.63) is 23.2 Å². The van der Waals surface area contributed by atoms with Gasteiger partial charge in [0, 0.05) is 31.2 Å². The third-order valence-electron chi connectivity index (χ3n) is 3.24. The van der Waals surface area contributed by atoms with E-state index in [1.54, 1.807) is 0 Å². The summed E-state index contributed by atoms with van der Waals surface area (Å²) in [6.45, 7) is 0.165. The van der Waals surface area contributed by atoms with Crippen LogP contribution in [-0.2, 0) is 11.3 Å². The predicted molar refractivity (Wildman–Crippen MR) is 65.8 cm³/mol. The number of amides is 1. The lowest BCUT2D eigenvalue weighted by Gasteiger charge is -2.27. The van der Waals surface area contributed by atoms with E-state index in [1.807, 2.05) is 0 Å². The molecule has 0 atom stereocenters. The van der Waals surface area contributed by atoms with Gasteiger partial charge in [-0.1, -0.05) is 11.6 Å². The van der Waals surface area contributed by atoms with Crippen molar-refractivity contribution in [2.45, 2.75) is 38.2 Å². The average Bonchev–Trinajstić information content (AvgIpc) is 2.37. The first-order valence-electron chi connectivity index (χ1n) is 6.09. The molecule has 0 spiro atoms. The molecule has 1 saturated carbocycles. The summed E-state index contributed by atoms with van der Waals surface area (Å²) in [5, 5.41) is 2.90. The van der Waals surface area contributed by atoms with Gasteiger partial charge in [-0.05, 0) is 12.8 Å². The van der Waals surface area contributed by atoms with Crippen molar-refractivity contribution < 1.29 is 13.6 Å². The highest BCUT2D eigenvalue weighted by Gasteiger charge is 2.37. The SMILES string of the molecule is O=C(NCc1nccnc1Cl)C1CCC(F)(F)CC1. The Morgan fingerprint density at radius 3 is 2.63 bits per heavy atom. The quantitative estimate of drug-likeness (QED) is 0.930. The summed E-state index contributed by atoms with van der Waals surface area (Å²) in [5.74, 6) is -3.20. The average molecular weight is 290 g/mol. The zero-order chi connectivity index (χ0) is 13.9. The van der Waals surface area contributed by atoms with Gasteiger partial charge in [-0.2, -0.15) is 0 Å². The topological polar surface area (TPSA) is 54.9 Å². The molecule has 7 heteroatoms. The molecule has 0 aromatic carbocycles. The van der Waals surface area contributed by atoms with E-state index in [4.69, 9.17) is 11.6 Å². The summed E-state index contributed by atoms with van der Waals surface area (Å²) in [6, 6.07) is 0. The second-order valence-electron chi connectivity index (χ2n) is 4.64. The highest BCUT2D eigenvalue weighted by molar-refractivity contribution is 6.29. The third-order valence-corrected chi connectivity index (χ3v) is 3.56. The monoisotopic (exact) mass is 289 g/mol. The van der Waals surface area contributed by atoms with Gasteiger partial charge in [0.1, 0.15) is 0 Å². The Morgan fingerprint density at radius 2 is 2.00 bits per heavy atom. The lowest BCUT2D eigenvalue weighted by atomic mass is 9.86.